The molecule has 1 rings (SSSR count). The fourth-order valence-electron chi connectivity index (χ4n) is 2.32. The van der Waals surface area contributed by atoms with Crippen LogP contribution in [0.1, 0.15) is 42.0 Å². The lowest BCUT2D eigenvalue weighted by Crippen LogP contribution is -2.36. The molecule has 0 aliphatic carbocycles. The van der Waals surface area contributed by atoms with Gasteiger partial charge in [0.1, 0.15) is 6.04 Å². The predicted octanol–water partition coefficient (Wildman–Crippen LogP) is 3.38. The first-order valence-corrected chi connectivity index (χ1v) is 6.48. The van der Waals surface area contributed by atoms with E-state index >= 15 is 0 Å². The summed E-state index contributed by atoms with van der Waals surface area (Å²) < 4.78 is 0. The largest absolute Gasteiger partial charge is 0.480 e. The van der Waals surface area contributed by atoms with Gasteiger partial charge in [0.05, 0.1) is 0 Å². The maximum Gasteiger partial charge on any atom is 0.320 e. The zero-order valence-corrected chi connectivity index (χ0v) is 12.9. The van der Waals surface area contributed by atoms with Crippen molar-refractivity contribution in [2.45, 2.75) is 53.1 Å². The van der Waals surface area contributed by atoms with Crippen LogP contribution in [0, 0.1) is 20.8 Å². The highest BCUT2D eigenvalue weighted by molar-refractivity contribution is 5.85. The van der Waals surface area contributed by atoms with Crippen LogP contribution < -0.4 is 5.32 Å². The number of carbonyl (C=O) groups is 1. The Kier molecular flexibility index (Phi) is 7.72. The summed E-state index contributed by atoms with van der Waals surface area (Å²) in [6.45, 7) is 8.85. The van der Waals surface area contributed by atoms with Crippen LogP contribution >= 0.6 is 12.4 Å². The van der Waals surface area contributed by atoms with Crippen molar-refractivity contribution in [2.24, 2.45) is 0 Å². The summed E-state index contributed by atoms with van der Waals surface area (Å²) in [4.78, 5) is 11.1. The summed E-state index contributed by atoms with van der Waals surface area (Å²) >= 11 is 0. The average Bonchev–Trinajstić information content (AvgIpc) is 2.25. The molecule has 1 unspecified atom stereocenters. The van der Waals surface area contributed by atoms with Gasteiger partial charge in [-0.2, -0.15) is 0 Å². The van der Waals surface area contributed by atoms with Crippen molar-refractivity contribution in [3.05, 3.63) is 34.4 Å². The van der Waals surface area contributed by atoms with Crippen LogP contribution in [-0.2, 0) is 11.3 Å². The summed E-state index contributed by atoms with van der Waals surface area (Å²) in [5.74, 6) is -0.765. The Morgan fingerprint density at radius 2 is 1.79 bits per heavy atom. The predicted molar refractivity (Wildman–Crippen MR) is 81.1 cm³/mol. The molecule has 0 spiro atoms. The summed E-state index contributed by atoms with van der Waals surface area (Å²) in [5, 5.41) is 12.2. The van der Waals surface area contributed by atoms with Gasteiger partial charge in [-0.25, -0.2) is 0 Å². The third-order valence-corrected chi connectivity index (χ3v) is 3.24. The molecule has 0 saturated heterocycles. The number of hydrogen-bond donors (Lipinski definition) is 2. The number of aryl methyl sites for hydroxylation is 3. The van der Waals surface area contributed by atoms with Crippen LogP contribution in [0.15, 0.2) is 12.1 Å². The smallest absolute Gasteiger partial charge is 0.320 e. The van der Waals surface area contributed by atoms with Crippen molar-refractivity contribution < 1.29 is 9.90 Å². The molecule has 2 N–H and O–H groups in total. The molecule has 0 heterocycles. The molecule has 0 amide bonds. The van der Waals surface area contributed by atoms with Gasteiger partial charge in [-0.15, -0.1) is 12.4 Å². The van der Waals surface area contributed by atoms with Crippen molar-refractivity contribution in [1.82, 2.24) is 5.32 Å². The highest BCUT2D eigenvalue weighted by Crippen LogP contribution is 2.16. The summed E-state index contributed by atoms with van der Waals surface area (Å²) in [6.07, 6.45) is 1.54. The third-order valence-electron chi connectivity index (χ3n) is 3.24. The lowest BCUT2D eigenvalue weighted by Gasteiger charge is -2.16. The number of halogens is 1. The Hall–Kier alpha value is -1.06. The first-order valence-electron chi connectivity index (χ1n) is 6.48. The second kappa shape index (κ2) is 8.18. The fourth-order valence-corrected chi connectivity index (χ4v) is 2.32. The minimum Gasteiger partial charge on any atom is -0.480 e. The molecular weight excluding hydrogens is 262 g/mol. The van der Waals surface area contributed by atoms with Crippen molar-refractivity contribution >= 4 is 18.4 Å². The average molecular weight is 286 g/mol. The Balaban J connectivity index is 0.00000324. The highest BCUT2D eigenvalue weighted by atomic mass is 35.5. The van der Waals surface area contributed by atoms with Gasteiger partial charge in [0.15, 0.2) is 0 Å². The molecular formula is C15H24ClNO2. The zero-order chi connectivity index (χ0) is 13.7. The summed E-state index contributed by atoms with van der Waals surface area (Å²) in [6, 6.07) is 3.83. The number of hydrogen-bond acceptors (Lipinski definition) is 2. The zero-order valence-electron chi connectivity index (χ0n) is 12.1. The van der Waals surface area contributed by atoms with Crippen LogP contribution in [0.4, 0.5) is 0 Å². The SMILES string of the molecule is CCCC(NCc1c(C)cc(C)cc1C)C(=O)O.Cl. The summed E-state index contributed by atoms with van der Waals surface area (Å²) in [7, 11) is 0. The van der Waals surface area contributed by atoms with Gasteiger partial charge in [-0.05, 0) is 43.9 Å². The maximum atomic E-state index is 11.1. The molecule has 1 atom stereocenters. The number of aliphatic carboxylic acids is 1. The number of carboxylic acid groups (broad SMARTS) is 1. The normalized spacial score (nSPS) is 11.8. The molecule has 0 bridgehead atoms. The molecule has 1 aromatic carbocycles. The van der Waals surface area contributed by atoms with E-state index in [4.69, 9.17) is 5.11 Å². The molecule has 0 aromatic heterocycles. The van der Waals surface area contributed by atoms with Gasteiger partial charge in [0.25, 0.3) is 0 Å². The lowest BCUT2D eigenvalue weighted by atomic mass is 9.99. The van der Waals surface area contributed by atoms with Crippen molar-refractivity contribution in [3.8, 4) is 0 Å². The van der Waals surface area contributed by atoms with E-state index in [1.165, 1.54) is 22.3 Å². The molecule has 19 heavy (non-hydrogen) atoms. The minimum atomic E-state index is -0.765. The number of nitrogens with one attached hydrogen (secondary N) is 1. The van der Waals surface area contributed by atoms with Crippen LogP contribution in [0.25, 0.3) is 0 Å². The van der Waals surface area contributed by atoms with Gasteiger partial charge in [0.2, 0.25) is 0 Å². The van der Waals surface area contributed by atoms with Crippen molar-refractivity contribution in [2.75, 3.05) is 0 Å². The second-order valence-electron chi connectivity index (χ2n) is 4.94. The first-order chi connectivity index (χ1) is 8.45. The van der Waals surface area contributed by atoms with E-state index in [1.807, 2.05) is 6.92 Å². The van der Waals surface area contributed by atoms with Crippen LogP contribution in [0.2, 0.25) is 0 Å². The molecule has 1 aromatic rings. The van der Waals surface area contributed by atoms with E-state index in [9.17, 15) is 4.79 Å². The molecule has 0 aliphatic rings. The lowest BCUT2D eigenvalue weighted by molar-refractivity contribution is -0.139. The van der Waals surface area contributed by atoms with Crippen molar-refractivity contribution in [3.63, 3.8) is 0 Å². The van der Waals surface area contributed by atoms with Crippen LogP contribution in [0.5, 0.6) is 0 Å². The molecule has 108 valence electrons. The van der Waals surface area contributed by atoms with E-state index in [0.29, 0.717) is 13.0 Å². The van der Waals surface area contributed by atoms with Gasteiger partial charge in [-0.1, -0.05) is 31.0 Å². The summed E-state index contributed by atoms with van der Waals surface area (Å²) in [5.41, 5.74) is 4.90. The first kappa shape index (κ1) is 17.9. The molecule has 0 aliphatic heterocycles. The molecule has 4 heteroatoms. The molecule has 3 nitrogen and oxygen atoms in total. The van der Waals surface area contributed by atoms with E-state index in [0.717, 1.165) is 6.42 Å². The monoisotopic (exact) mass is 285 g/mol. The number of benzene rings is 1. The number of carboxylic acids is 1. The van der Waals surface area contributed by atoms with E-state index in [1.54, 1.807) is 0 Å². The second-order valence-corrected chi connectivity index (χ2v) is 4.94. The molecule has 0 radical (unpaired) electrons. The van der Waals surface area contributed by atoms with E-state index < -0.39 is 12.0 Å². The van der Waals surface area contributed by atoms with Crippen molar-refractivity contribution in [1.29, 1.82) is 0 Å². The van der Waals surface area contributed by atoms with E-state index in [2.05, 4.69) is 38.2 Å². The Bertz CT molecular complexity index is 409. The highest BCUT2D eigenvalue weighted by Gasteiger charge is 2.16. The van der Waals surface area contributed by atoms with Crippen LogP contribution in [-0.4, -0.2) is 17.1 Å². The quantitative estimate of drug-likeness (QED) is 0.842. The Morgan fingerprint density at radius 3 is 2.21 bits per heavy atom. The van der Waals surface area contributed by atoms with Gasteiger partial charge >= 0.3 is 5.97 Å². The number of rotatable bonds is 6. The standard InChI is InChI=1S/C15H23NO2.ClH/c1-5-6-14(15(17)18)16-9-13-11(3)7-10(2)8-12(13)4;/h7-8,14,16H,5-6,9H2,1-4H3,(H,17,18);1H. The van der Waals surface area contributed by atoms with Crippen LogP contribution in [0.3, 0.4) is 0 Å². The Morgan fingerprint density at radius 1 is 1.26 bits per heavy atom. The Labute approximate surface area is 121 Å². The third kappa shape index (κ3) is 5.21. The maximum absolute atomic E-state index is 11.1. The minimum absolute atomic E-state index is 0. The van der Waals surface area contributed by atoms with Gasteiger partial charge in [-0.3, -0.25) is 4.79 Å². The molecule has 0 saturated carbocycles. The van der Waals surface area contributed by atoms with Gasteiger partial charge < -0.3 is 10.4 Å². The molecule has 0 fully saturated rings. The topological polar surface area (TPSA) is 49.3 Å². The van der Waals surface area contributed by atoms with E-state index in [-0.39, 0.29) is 12.4 Å². The fraction of sp³-hybridized carbons (Fsp3) is 0.533. The van der Waals surface area contributed by atoms with Gasteiger partial charge in [0, 0.05) is 6.54 Å².